The molecule has 0 aliphatic carbocycles. The van der Waals surface area contributed by atoms with Gasteiger partial charge in [0.1, 0.15) is 5.52 Å². The van der Waals surface area contributed by atoms with E-state index in [0.29, 0.717) is 28.9 Å². The molecule has 202 valence electrons. The van der Waals surface area contributed by atoms with Crippen LogP contribution in [0.25, 0.3) is 78.6 Å². The zero-order valence-electron chi connectivity index (χ0n) is 23.1. The van der Waals surface area contributed by atoms with Gasteiger partial charge in [0.05, 0.1) is 0 Å². The van der Waals surface area contributed by atoms with Gasteiger partial charge in [-0.05, 0) is 34.7 Å². The number of aromatic nitrogens is 4. The molecule has 0 N–H and O–H groups in total. The van der Waals surface area contributed by atoms with E-state index in [0.717, 1.165) is 49.7 Å². The topological polar surface area (TPSA) is 64.7 Å². The van der Waals surface area contributed by atoms with Crippen molar-refractivity contribution in [1.29, 1.82) is 0 Å². The second kappa shape index (κ2) is 10.5. The minimum absolute atomic E-state index is 0.576. The normalized spacial score (nSPS) is 11.3. The number of oxazole rings is 1. The molecule has 0 saturated carbocycles. The molecule has 0 amide bonds. The van der Waals surface area contributed by atoms with Crippen LogP contribution in [-0.2, 0) is 0 Å². The fraction of sp³-hybridized carbons (Fsp3) is 0. The number of hydrogen-bond acceptors (Lipinski definition) is 5. The van der Waals surface area contributed by atoms with E-state index < -0.39 is 0 Å². The maximum atomic E-state index is 6.43. The largest absolute Gasteiger partial charge is 0.435 e. The molecule has 6 aromatic carbocycles. The highest BCUT2D eigenvalue weighted by Gasteiger charge is 2.18. The Hall–Kier alpha value is -5.94. The second-order valence-electron chi connectivity index (χ2n) is 10.3. The number of hydrogen-bond donors (Lipinski definition) is 0. The molecule has 0 bridgehead atoms. The van der Waals surface area contributed by atoms with Gasteiger partial charge in [-0.2, -0.15) is 0 Å². The van der Waals surface area contributed by atoms with E-state index in [4.69, 9.17) is 24.4 Å². The van der Waals surface area contributed by atoms with Gasteiger partial charge in [-0.1, -0.05) is 127 Å². The van der Waals surface area contributed by atoms with Gasteiger partial charge in [0, 0.05) is 27.6 Å². The first-order valence-electron chi connectivity index (χ1n) is 14.2. The van der Waals surface area contributed by atoms with E-state index in [1.54, 1.807) is 0 Å². The summed E-state index contributed by atoms with van der Waals surface area (Å²) in [6, 6.07) is 48.9. The maximum absolute atomic E-state index is 6.43. The molecule has 5 heteroatoms. The summed E-state index contributed by atoms with van der Waals surface area (Å²) in [4.78, 5) is 19.8. The molecule has 8 aromatic rings. The summed E-state index contributed by atoms with van der Waals surface area (Å²) in [5, 5.41) is 1.95. The molecule has 8 rings (SSSR count). The van der Waals surface area contributed by atoms with E-state index in [1.807, 2.05) is 97.1 Å². The molecular formula is C38H24N4O. The average Bonchev–Trinajstić information content (AvgIpc) is 3.54. The van der Waals surface area contributed by atoms with E-state index in [9.17, 15) is 0 Å². The zero-order valence-corrected chi connectivity index (χ0v) is 23.1. The van der Waals surface area contributed by atoms with Crippen LogP contribution in [0.5, 0.6) is 0 Å². The predicted molar refractivity (Wildman–Crippen MR) is 172 cm³/mol. The molecule has 0 fully saturated rings. The Morgan fingerprint density at radius 2 is 0.907 bits per heavy atom. The summed E-state index contributed by atoms with van der Waals surface area (Å²) in [7, 11) is 0. The van der Waals surface area contributed by atoms with Gasteiger partial charge in [0.15, 0.2) is 23.1 Å². The molecule has 0 spiro atoms. The van der Waals surface area contributed by atoms with E-state index in [1.165, 1.54) is 0 Å². The average molecular weight is 553 g/mol. The second-order valence-corrected chi connectivity index (χ2v) is 10.3. The number of rotatable bonds is 5. The smallest absolute Gasteiger partial charge is 0.227 e. The van der Waals surface area contributed by atoms with Crippen LogP contribution < -0.4 is 0 Å². The lowest BCUT2D eigenvalue weighted by Crippen LogP contribution is -2.00. The minimum Gasteiger partial charge on any atom is -0.435 e. The lowest BCUT2D eigenvalue weighted by atomic mass is 10.0. The van der Waals surface area contributed by atoms with Crippen molar-refractivity contribution in [2.75, 3.05) is 0 Å². The minimum atomic E-state index is 0.576. The molecule has 0 aliphatic heterocycles. The SMILES string of the molecule is c1ccc(-c2ccc(-c3nc(-c4ccccc4)nc(-c4cccc5ccc6nc(-c7ccccc7)oc6c45)n3)cc2)cc1. The lowest BCUT2D eigenvalue weighted by molar-refractivity contribution is 0.623. The number of fused-ring (bicyclic) bond motifs is 3. The summed E-state index contributed by atoms with van der Waals surface area (Å²) >= 11 is 0. The van der Waals surface area contributed by atoms with Gasteiger partial charge in [-0.15, -0.1) is 0 Å². The maximum Gasteiger partial charge on any atom is 0.227 e. The van der Waals surface area contributed by atoms with Crippen LogP contribution in [-0.4, -0.2) is 19.9 Å². The van der Waals surface area contributed by atoms with Crippen LogP contribution >= 0.6 is 0 Å². The van der Waals surface area contributed by atoms with E-state index >= 15 is 0 Å². The molecule has 5 nitrogen and oxygen atoms in total. The Bertz CT molecular complexity index is 2210. The van der Waals surface area contributed by atoms with Gasteiger partial charge in [0.2, 0.25) is 5.89 Å². The quantitative estimate of drug-likeness (QED) is 0.213. The first-order valence-corrected chi connectivity index (χ1v) is 14.2. The van der Waals surface area contributed by atoms with E-state index in [-0.39, 0.29) is 0 Å². The van der Waals surface area contributed by atoms with Gasteiger partial charge in [0.25, 0.3) is 0 Å². The highest BCUT2D eigenvalue weighted by atomic mass is 16.3. The van der Waals surface area contributed by atoms with Gasteiger partial charge >= 0.3 is 0 Å². The van der Waals surface area contributed by atoms with Crippen LogP contribution in [0.1, 0.15) is 0 Å². The van der Waals surface area contributed by atoms with Crippen molar-refractivity contribution in [3.63, 3.8) is 0 Å². The third kappa shape index (κ3) is 4.63. The van der Waals surface area contributed by atoms with Crippen LogP contribution in [0.15, 0.2) is 150 Å². The number of benzene rings is 6. The molecule has 2 aromatic heterocycles. The summed E-state index contributed by atoms with van der Waals surface area (Å²) in [5.41, 5.74) is 7.42. The summed E-state index contributed by atoms with van der Waals surface area (Å²) in [6.07, 6.45) is 0. The van der Waals surface area contributed by atoms with E-state index in [2.05, 4.69) is 48.5 Å². The highest BCUT2D eigenvalue weighted by Crippen LogP contribution is 2.36. The molecule has 43 heavy (non-hydrogen) atoms. The van der Waals surface area contributed by atoms with Crippen LogP contribution in [0.3, 0.4) is 0 Å². The standard InChI is InChI=1S/C38H24N4O/c1-4-11-25(12-5-1)26-19-21-29(22-20-26)36-40-35(28-13-6-2-7-14-28)41-37(42-36)31-18-10-17-27-23-24-32-34(33(27)31)43-38(39-32)30-15-8-3-9-16-30/h1-24H. The van der Waals surface area contributed by atoms with Crippen LogP contribution in [0, 0.1) is 0 Å². The lowest BCUT2D eigenvalue weighted by Gasteiger charge is -2.11. The first kappa shape index (κ1) is 24.8. The molecular weight excluding hydrogens is 528 g/mol. The van der Waals surface area contributed by atoms with Crippen molar-refractivity contribution in [2.45, 2.75) is 0 Å². The van der Waals surface area contributed by atoms with Crippen molar-refractivity contribution in [3.8, 4) is 56.7 Å². The fourth-order valence-electron chi connectivity index (χ4n) is 5.43. The molecule has 0 saturated heterocycles. The summed E-state index contributed by atoms with van der Waals surface area (Å²) in [6.45, 7) is 0. The van der Waals surface area contributed by atoms with Gasteiger partial charge < -0.3 is 4.42 Å². The molecule has 0 aliphatic rings. The van der Waals surface area contributed by atoms with Crippen molar-refractivity contribution in [1.82, 2.24) is 19.9 Å². The van der Waals surface area contributed by atoms with Crippen LogP contribution in [0.4, 0.5) is 0 Å². The number of nitrogens with zero attached hydrogens (tertiary/aromatic N) is 4. The van der Waals surface area contributed by atoms with Crippen LogP contribution in [0.2, 0.25) is 0 Å². The van der Waals surface area contributed by atoms with Crippen molar-refractivity contribution in [3.05, 3.63) is 146 Å². The van der Waals surface area contributed by atoms with Crippen molar-refractivity contribution >= 4 is 21.9 Å². The Labute approximate surface area is 248 Å². The molecule has 2 heterocycles. The highest BCUT2D eigenvalue weighted by molar-refractivity contribution is 6.10. The van der Waals surface area contributed by atoms with Crippen molar-refractivity contribution in [2.24, 2.45) is 0 Å². The van der Waals surface area contributed by atoms with Gasteiger partial charge in [-0.25, -0.2) is 19.9 Å². The Balaban J connectivity index is 1.32. The molecule has 0 radical (unpaired) electrons. The Morgan fingerprint density at radius 3 is 1.58 bits per heavy atom. The van der Waals surface area contributed by atoms with Gasteiger partial charge in [-0.3, -0.25) is 0 Å². The third-order valence-corrected chi connectivity index (χ3v) is 7.58. The predicted octanol–water partition coefficient (Wildman–Crippen LogP) is 9.50. The molecule has 0 atom stereocenters. The summed E-state index contributed by atoms with van der Waals surface area (Å²) in [5.74, 6) is 2.37. The first-order chi connectivity index (χ1) is 21.3. The fourth-order valence-corrected chi connectivity index (χ4v) is 5.43. The third-order valence-electron chi connectivity index (χ3n) is 7.58. The van der Waals surface area contributed by atoms with Crippen molar-refractivity contribution < 1.29 is 4.42 Å². The summed E-state index contributed by atoms with van der Waals surface area (Å²) < 4.78 is 6.43. The Kier molecular flexibility index (Phi) is 6.05. The zero-order chi connectivity index (χ0) is 28.6. The molecule has 0 unspecified atom stereocenters. The Morgan fingerprint density at radius 1 is 0.372 bits per heavy atom. The monoisotopic (exact) mass is 552 g/mol.